The van der Waals surface area contributed by atoms with Crippen LogP contribution >= 0.6 is 11.3 Å². The fourth-order valence-electron chi connectivity index (χ4n) is 2.90. The number of hydrogen-bond acceptors (Lipinski definition) is 8. The summed E-state index contributed by atoms with van der Waals surface area (Å²) in [6.07, 6.45) is 5.05. The second-order valence-corrected chi connectivity index (χ2v) is 8.04. The summed E-state index contributed by atoms with van der Waals surface area (Å²) in [6, 6.07) is 8.83. The lowest BCUT2D eigenvalue weighted by atomic mass is 10.0. The highest BCUT2D eigenvalue weighted by atomic mass is 32.1. The Kier molecular flexibility index (Phi) is 5.62. The standard InChI is InChI=1S/C21H20N6O2S/c1-12(2)16(20-26-18(27-29-20)14-7-6-9-22-11-14)25-19(28)17-13(3)24-21(30-17)15-8-4-5-10-23-15/h4-12,16H,1-3H3,(H,25,28). The molecule has 8 nitrogen and oxygen atoms in total. The molecule has 4 aromatic rings. The van der Waals surface area contributed by atoms with Gasteiger partial charge >= 0.3 is 0 Å². The van der Waals surface area contributed by atoms with Crippen molar-refractivity contribution >= 4 is 17.2 Å². The van der Waals surface area contributed by atoms with Gasteiger partial charge in [-0.2, -0.15) is 4.98 Å². The van der Waals surface area contributed by atoms with E-state index in [1.54, 1.807) is 24.7 Å². The van der Waals surface area contributed by atoms with E-state index in [2.05, 4.69) is 30.4 Å². The van der Waals surface area contributed by atoms with Gasteiger partial charge in [0.15, 0.2) is 0 Å². The SMILES string of the molecule is Cc1nc(-c2ccccn2)sc1C(=O)NC(c1nc(-c2cccnc2)no1)C(C)C. The van der Waals surface area contributed by atoms with Crippen molar-refractivity contribution in [3.05, 3.63) is 65.4 Å². The van der Waals surface area contributed by atoms with Gasteiger partial charge in [0, 0.05) is 24.2 Å². The van der Waals surface area contributed by atoms with Crippen LogP contribution in [0.15, 0.2) is 53.4 Å². The van der Waals surface area contributed by atoms with Gasteiger partial charge in [0.1, 0.15) is 15.9 Å². The minimum atomic E-state index is -0.435. The number of nitrogens with zero attached hydrogens (tertiary/aromatic N) is 5. The van der Waals surface area contributed by atoms with E-state index in [-0.39, 0.29) is 11.8 Å². The average Bonchev–Trinajstić information content (AvgIpc) is 3.40. The fraction of sp³-hybridized carbons (Fsp3) is 0.238. The van der Waals surface area contributed by atoms with Crippen LogP contribution in [0.1, 0.15) is 41.1 Å². The quantitative estimate of drug-likeness (QED) is 0.501. The van der Waals surface area contributed by atoms with E-state index in [0.717, 1.165) is 11.3 Å². The van der Waals surface area contributed by atoms with Gasteiger partial charge in [-0.15, -0.1) is 11.3 Å². The Balaban J connectivity index is 1.57. The number of pyridine rings is 2. The van der Waals surface area contributed by atoms with E-state index < -0.39 is 6.04 Å². The molecule has 9 heteroatoms. The number of rotatable bonds is 6. The van der Waals surface area contributed by atoms with E-state index in [4.69, 9.17) is 4.52 Å². The molecule has 1 unspecified atom stereocenters. The third-order valence-corrected chi connectivity index (χ3v) is 5.65. The number of amides is 1. The zero-order valence-corrected chi connectivity index (χ0v) is 17.6. The van der Waals surface area contributed by atoms with Gasteiger partial charge in [-0.05, 0) is 37.1 Å². The second kappa shape index (κ2) is 8.50. The van der Waals surface area contributed by atoms with Crippen LogP contribution in [0.25, 0.3) is 22.1 Å². The molecule has 0 aliphatic rings. The molecular weight excluding hydrogens is 400 g/mol. The monoisotopic (exact) mass is 420 g/mol. The van der Waals surface area contributed by atoms with Gasteiger partial charge in [0.2, 0.25) is 11.7 Å². The number of aromatic nitrogens is 5. The summed E-state index contributed by atoms with van der Waals surface area (Å²) >= 11 is 1.31. The number of carbonyl (C=O) groups excluding carboxylic acids is 1. The first-order chi connectivity index (χ1) is 14.5. The zero-order valence-electron chi connectivity index (χ0n) is 16.7. The molecule has 0 saturated heterocycles. The van der Waals surface area contributed by atoms with Gasteiger partial charge in [-0.25, -0.2) is 4.98 Å². The maximum absolute atomic E-state index is 13.0. The molecule has 0 fully saturated rings. The largest absolute Gasteiger partial charge is 0.339 e. The van der Waals surface area contributed by atoms with Crippen molar-refractivity contribution in [3.8, 4) is 22.1 Å². The normalized spacial score (nSPS) is 12.1. The Morgan fingerprint density at radius 1 is 1.13 bits per heavy atom. The van der Waals surface area contributed by atoms with E-state index in [1.807, 2.05) is 45.0 Å². The van der Waals surface area contributed by atoms with Gasteiger partial charge < -0.3 is 9.84 Å². The molecule has 0 aliphatic heterocycles. The molecule has 0 radical (unpaired) electrons. The van der Waals surface area contributed by atoms with Crippen LogP contribution in [0.3, 0.4) is 0 Å². The molecule has 1 atom stereocenters. The molecule has 0 bridgehead atoms. The maximum Gasteiger partial charge on any atom is 0.263 e. The van der Waals surface area contributed by atoms with Gasteiger partial charge in [0.05, 0.1) is 11.4 Å². The van der Waals surface area contributed by atoms with Gasteiger partial charge in [0.25, 0.3) is 5.91 Å². The Bertz CT molecular complexity index is 1140. The molecule has 0 spiro atoms. The highest BCUT2D eigenvalue weighted by molar-refractivity contribution is 7.17. The summed E-state index contributed by atoms with van der Waals surface area (Å²) in [5, 5.41) is 7.76. The Morgan fingerprint density at radius 3 is 2.70 bits per heavy atom. The Hall–Kier alpha value is -3.46. The minimum absolute atomic E-state index is 0.0413. The molecule has 0 saturated carbocycles. The first-order valence-electron chi connectivity index (χ1n) is 9.46. The Labute approximate surface area is 177 Å². The van der Waals surface area contributed by atoms with Crippen molar-refractivity contribution in [1.29, 1.82) is 0 Å². The Morgan fingerprint density at radius 2 is 2.00 bits per heavy atom. The van der Waals surface area contributed by atoms with Crippen LogP contribution in [-0.4, -0.2) is 31.0 Å². The van der Waals surface area contributed by atoms with Crippen molar-refractivity contribution in [2.24, 2.45) is 5.92 Å². The van der Waals surface area contributed by atoms with Crippen molar-refractivity contribution < 1.29 is 9.32 Å². The van der Waals surface area contributed by atoms with Crippen LogP contribution in [0.4, 0.5) is 0 Å². The third kappa shape index (κ3) is 4.11. The fourth-order valence-corrected chi connectivity index (χ4v) is 3.85. The molecule has 1 N–H and O–H groups in total. The first-order valence-corrected chi connectivity index (χ1v) is 10.3. The summed E-state index contributed by atoms with van der Waals surface area (Å²) in [4.78, 5) is 30.9. The first kappa shape index (κ1) is 19.8. The predicted molar refractivity (Wildman–Crippen MR) is 113 cm³/mol. The van der Waals surface area contributed by atoms with E-state index in [0.29, 0.717) is 27.3 Å². The summed E-state index contributed by atoms with van der Waals surface area (Å²) in [5.74, 6) is 0.598. The van der Waals surface area contributed by atoms with E-state index in [1.165, 1.54) is 11.3 Å². The van der Waals surface area contributed by atoms with Crippen LogP contribution in [0, 0.1) is 12.8 Å². The molecule has 152 valence electrons. The van der Waals surface area contributed by atoms with E-state index >= 15 is 0 Å². The number of aryl methyl sites for hydroxylation is 1. The molecule has 1 amide bonds. The smallest absolute Gasteiger partial charge is 0.263 e. The number of nitrogens with one attached hydrogen (secondary N) is 1. The molecule has 0 aromatic carbocycles. The maximum atomic E-state index is 13.0. The molecule has 4 heterocycles. The molecule has 4 aromatic heterocycles. The highest BCUT2D eigenvalue weighted by Gasteiger charge is 2.27. The van der Waals surface area contributed by atoms with Crippen molar-refractivity contribution in [3.63, 3.8) is 0 Å². The second-order valence-electron chi connectivity index (χ2n) is 7.04. The van der Waals surface area contributed by atoms with Crippen LogP contribution in [0.5, 0.6) is 0 Å². The number of carbonyl (C=O) groups is 1. The molecule has 4 rings (SSSR count). The van der Waals surface area contributed by atoms with Crippen molar-refractivity contribution in [1.82, 2.24) is 30.4 Å². The van der Waals surface area contributed by atoms with E-state index in [9.17, 15) is 4.79 Å². The van der Waals surface area contributed by atoms with Crippen molar-refractivity contribution in [2.75, 3.05) is 0 Å². The molecule has 30 heavy (non-hydrogen) atoms. The minimum Gasteiger partial charge on any atom is -0.339 e. The van der Waals surface area contributed by atoms with Gasteiger partial charge in [-0.3, -0.25) is 14.8 Å². The summed E-state index contributed by atoms with van der Waals surface area (Å²) in [6.45, 7) is 5.78. The van der Waals surface area contributed by atoms with Crippen molar-refractivity contribution in [2.45, 2.75) is 26.8 Å². The van der Waals surface area contributed by atoms with Crippen LogP contribution < -0.4 is 5.32 Å². The topological polar surface area (TPSA) is 107 Å². The summed E-state index contributed by atoms with van der Waals surface area (Å²) in [5.41, 5.74) is 2.14. The lowest BCUT2D eigenvalue weighted by Gasteiger charge is -2.18. The zero-order chi connectivity index (χ0) is 21.1. The summed E-state index contributed by atoms with van der Waals surface area (Å²) in [7, 11) is 0. The summed E-state index contributed by atoms with van der Waals surface area (Å²) < 4.78 is 5.46. The number of hydrogen-bond donors (Lipinski definition) is 1. The molecule has 0 aliphatic carbocycles. The molecular formula is C21H20N6O2S. The average molecular weight is 420 g/mol. The number of thiazole rings is 1. The third-order valence-electron chi connectivity index (χ3n) is 4.47. The van der Waals surface area contributed by atoms with Crippen LogP contribution in [0.2, 0.25) is 0 Å². The lowest BCUT2D eigenvalue weighted by Crippen LogP contribution is -2.32. The lowest BCUT2D eigenvalue weighted by molar-refractivity contribution is 0.0917. The predicted octanol–water partition coefficient (Wildman–Crippen LogP) is 4.09. The highest BCUT2D eigenvalue weighted by Crippen LogP contribution is 2.28. The van der Waals surface area contributed by atoms with Crippen LogP contribution in [-0.2, 0) is 0 Å². The van der Waals surface area contributed by atoms with Gasteiger partial charge in [-0.1, -0.05) is 25.1 Å².